The van der Waals surface area contributed by atoms with Crippen LogP contribution in [0.25, 0.3) is 0 Å². The van der Waals surface area contributed by atoms with Crippen LogP contribution in [0.5, 0.6) is 0 Å². The molecule has 26 heavy (non-hydrogen) atoms. The van der Waals surface area contributed by atoms with Crippen LogP contribution in [-0.2, 0) is 11.3 Å². The van der Waals surface area contributed by atoms with Crippen molar-refractivity contribution in [2.75, 3.05) is 44.8 Å². The van der Waals surface area contributed by atoms with Crippen molar-refractivity contribution in [2.24, 2.45) is 4.99 Å². The van der Waals surface area contributed by atoms with Gasteiger partial charge in [0.2, 0.25) is 5.91 Å². The zero-order valence-electron chi connectivity index (χ0n) is 16.0. The van der Waals surface area contributed by atoms with E-state index in [0.29, 0.717) is 18.3 Å². The number of amides is 1. The molecule has 1 aromatic rings. The van der Waals surface area contributed by atoms with Gasteiger partial charge in [0.25, 0.3) is 0 Å². The van der Waals surface area contributed by atoms with Gasteiger partial charge in [-0.25, -0.2) is 4.99 Å². The minimum atomic E-state index is -0.0141. The highest BCUT2D eigenvalue weighted by atomic mass is 32.2. The van der Waals surface area contributed by atoms with Crippen LogP contribution < -0.4 is 16.0 Å². The first-order valence-corrected chi connectivity index (χ1v) is 10.3. The van der Waals surface area contributed by atoms with E-state index in [1.807, 2.05) is 55.0 Å². The normalized spacial score (nSPS) is 17.4. The average Bonchev–Trinajstić information content (AvgIpc) is 3.10. The Morgan fingerprint density at radius 2 is 2.19 bits per heavy atom. The minimum Gasteiger partial charge on any atom is -0.357 e. The van der Waals surface area contributed by atoms with Crippen LogP contribution in [0.1, 0.15) is 25.3 Å². The van der Waals surface area contributed by atoms with Gasteiger partial charge in [-0.05, 0) is 57.3 Å². The molecule has 3 N–H and O–H groups in total. The van der Waals surface area contributed by atoms with E-state index in [9.17, 15) is 4.79 Å². The zero-order chi connectivity index (χ0) is 18.8. The Bertz CT molecular complexity index is 599. The Kier molecular flexibility index (Phi) is 8.77. The molecule has 1 atom stereocenters. The second-order valence-electron chi connectivity index (χ2n) is 6.70. The Balaban J connectivity index is 1.90. The number of carbonyl (C=O) groups excluding carboxylic acids is 1. The topological polar surface area (TPSA) is 68.8 Å². The van der Waals surface area contributed by atoms with Crippen LogP contribution in [0.15, 0.2) is 29.3 Å². The van der Waals surface area contributed by atoms with Crippen LogP contribution in [0.3, 0.4) is 0 Å². The van der Waals surface area contributed by atoms with Gasteiger partial charge >= 0.3 is 0 Å². The van der Waals surface area contributed by atoms with Gasteiger partial charge in [-0.1, -0.05) is 12.1 Å². The molecule has 1 aromatic carbocycles. The lowest BCUT2D eigenvalue weighted by atomic mass is 10.2. The van der Waals surface area contributed by atoms with Crippen molar-refractivity contribution in [3.63, 3.8) is 0 Å². The number of carbonyl (C=O) groups is 1. The van der Waals surface area contributed by atoms with E-state index < -0.39 is 0 Å². The molecular formula is C19H31N5OS. The lowest BCUT2D eigenvalue weighted by Crippen LogP contribution is -2.40. The summed E-state index contributed by atoms with van der Waals surface area (Å²) in [4.78, 5) is 18.4. The van der Waals surface area contributed by atoms with Crippen molar-refractivity contribution in [2.45, 2.75) is 31.6 Å². The molecule has 1 unspecified atom stereocenters. The maximum absolute atomic E-state index is 11.9. The number of nitrogens with one attached hydrogen (secondary N) is 3. The molecule has 1 fully saturated rings. The molecule has 2 rings (SSSR count). The molecule has 1 amide bonds. The van der Waals surface area contributed by atoms with E-state index >= 15 is 0 Å². The summed E-state index contributed by atoms with van der Waals surface area (Å²) in [6, 6.07) is 7.86. The molecule has 0 bridgehead atoms. The molecule has 6 nitrogen and oxygen atoms in total. The monoisotopic (exact) mass is 377 g/mol. The van der Waals surface area contributed by atoms with Crippen molar-refractivity contribution < 1.29 is 4.79 Å². The van der Waals surface area contributed by atoms with Crippen LogP contribution in [0, 0.1) is 0 Å². The first-order valence-electron chi connectivity index (χ1n) is 9.24. The third kappa shape index (κ3) is 7.66. The van der Waals surface area contributed by atoms with Gasteiger partial charge in [-0.15, -0.1) is 0 Å². The highest BCUT2D eigenvalue weighted by molar-refractivity contribution is 8.00. The van der Waals surface area contributed by atoms with Crippen molar-refractivity contribution in [3.05, 3.63) is 29.8 Å². The fourth-order valence-corrected chi connectivity index (χ4v) is 3.96. The van der Waals surface area contributed by atoms with Crippen molar-refractivity contribution in [3.8, 4) is 0 Å². The van der Waals surface area contributed by atoms with Gasteiger partial charge in [0.1, 0.15) is 0 Å². The molecule has 144 valence electrons. The van der Waals surface area contributed by atoms with Gasteiger partial charge in [0.05, 0.1) is 13.1 Å². The largest absolute Gasteiger partial charge is 0.357 e. The smallest absolute Gasteiger partial charge is 0.238 e. The third-order valence-electron chi connectivity index (χ3n) is 3.96. The number of anilines is 1. The van der Waals surface area contributed by atoms with Gasteiger partial charge < -0.3 is 20.9 Å². The summed E-state index contributed by atoms with van der Waals surface area (Å²) in [6.07, 6.45) is 2.60. The number of hydrogen-bond donors (Lipinski definition) is 3. The SMILES string of the molecule is CCNC(=NCc1cccc(NC(=O)CN(C)C)c1)NCC1CCCS1. The van der Waals surface area contributed by atoms with Crippen molar-refractivity contribution in [1.82, 2.24) is 15.5 Å². The van der Waals surface area contributed by atoms with Crippen LogP contribution in [0.2, 0.25) is 0 Å². The van der Waals surface area contributed by atoms with Crippen molar-refractivity contribution >= 4 is 29.3 Å². The number of hydrogen-bond acceptors (Lipinski definition) is 4. The summed E-state index contributed by atoms with van der Waals surface area (Å²) in [6.45, 7) is 4.81. The molecule has 7 heteroatoms. The molecule has 0 spiro atoms. The first-order chi connectivity index (χ1) is 12.6. The Morgan fingerprint density at radius 3 is 2.88 bits per heavy atom. The van der Waals surface area contributed by atoms with E-state index in [-0.39, 0.29) is 5.91 Å². The van der Waals surface area contributed by atoms with Crippen LogP contribution in [0.4, 0.5) is 5.69 Å². The standard InChI is InChI=1S/C19H31N5OS/c1-4-20-19(22-13-17-9-6-10-26-17)21-12-15-7-5-8-16(11-15)23-18(25)14-24(2)3/h5,7-8,11,17H,4,6,9-10,12-14H2,1-3H3,(H,23,25)(H2,20,21,22). The fraction of sp³-hybridized carbons (Fsp3) is 0.579. The lowest BCUT2D eigenvalue weighted by molar-refractivity contribution is -0.116. The maximum atomic E-state index is 11.9. The molecule has 1 heterocycles. The molecule has 0 radical (unpaired) electrons. The Labute approximate surface area is 161 Å². The number of likely N-dealkylation sites (N-methyl/N-ethyl adjacent to an activating group) is 1. The summed E-state index contributed by atoms with van der Waals surface area (Å²) in [5.41, 5.74) is 1.88. The van der Waals surface area contributed by atoms with E-state index in [1.54, 1.807) is 0 Å². The fourth-order valence-electron chi connectivity index (χ4n) is 2.76. The number of nitrogens with zero attached hydrogens (tertiary/aromatic N) is 2. The maximum Gasteiger partial charge on any atom is 0.238 e. The van der Waals surface area contributed by atoms with E-state index in [0.717, 1.165) is 30.3 Å². The predicted octanol–water partition coefficient (Wildman–Crippen LogP) is 2.14. The van der Waals surface area contributed by atoms with Crippen LogP contribution in [-0.4, -0.2) is 61.5 Å². The summed E-state index contributed by atoms with van der Waals surface area (Å²) in [5, 5.41) is 10.4. The number of rotatable bonds is 8. The summed E-state index contributed by atoms with van der Waals surface area (Å²) in [5.74, 6) is 2.11. The van der Waals surface area contributed by atoms with E-state index in [2.05, 4.69) is 27.9 Å². The summed E-state index contributed by atoms with van der Waals surface area (Å²) in [7, 11) is 3.76. The molecular weight excluding hydrogens is 346 g/mol. The second-order valence-corrected chi connectivity index (χ2v) is 8.11. The average molecular weight is 378 g/mol. The van der Waals surface area contributed by atoms with Gasteiger partial charge in [0, 0.05) is 24.0 Å². The first kappa shape index (κ1) is 20.6. The van der Waals surface area contributed by atoms with E-state index in [4.69, 9.17) is 0 Å². The summed E-state index contributed by atoms with van der Waals surface area (Å²) >= 11 is 2.04. The van der Waals surface area contributed by atoms with E-state index in [1.165, 1.54) is 18.6 Å². The molecule has 1 aliphatic heterocycles. The number of thioether (sulfide) groups is 1. The second kappa shape index (κ2) is 11.1. The summed E-state index contributed by atoms with van der Waals surface area (Å²) < 4.78 is 0. The number of benzene rings is 1. The molecule has 0 saturated carbocycles. The van der Waals surface area contributed by atoms with Crippen molar-refractivity contribution in [1.29, 1.82) is 0 Å². The molecule has 1 aliphatic rings. The molecule has 1 saturated heterocycles. The highest BCUT2D eigenvalue weighted by Gasteiger charge is 2.15. The van der Waals surface area contributed by atoms with Gasteiger partial charge in [0.15, 0.2) is 5.96 Å². The molecule has 0 aromatic heterocycles. The zero-order valence-corrected chi connectivity index (χ0v) is 16.9. The third-order valence-corrected chi connectivity index (χ3v) is 5.35. The minimum absolute atomic E-state index is 0.0141. The van der Waals surface area contributed by atoms with Gasteiger partial charge in [-0.3, -0.25) is 4.79 Å². The lowest BCUT2D eigenvalue weighted by Gasteiger charge is -2.14. The van der Waals surface area contributed by atoms with Gasteiger partial charge in [-0.2, -0.15) is 11.8 Å². The highest BCUT2D eigenvalue weighted by Crippen LogP contribution is 2.25. The Hall–Kier alpha value is -1.73. The quantitative estimate of drug-likeness (QED) is 0.478. The number of guanidine groups is 1. The Morgan fingerprint density at radius 1 is 1.35 bits per heavy atom. The van der Waals surface area contributed by atoms with Crippen LogP contribution >= 0.6 is 11.8 Å². The molecule has 0 aliphatic carbocycles. The predicted molar refractivity (Wildman–Crippen MR) is 112 cm³/mol. The number of aliphatic imine (C=N–C) groups is 1.